The lowest BCUT2D eigenvalue weighted by Crippen LogP contribution is -2.43. The van der Waals surface area contributed by atoms with Gasteiger partial charge in [0.05, 0.1) is 13.1 Å². The van der Waals surface area contributed by atoms with Crippen molar-refractivity contribution >= 4 is 17.8 Å². The molecule has 1 rings (SSSR count). The Labute approximate surface area is 147 Å². The molecule has 0 aromatic carbocycles. The minimum absolute atomic E-state index is 0.0338. The maximum Gasteiger partial charge on any atom is 0.207 e. The van der Waals surface area contributed by atoms with Gasteiger partial charge in [0, 0.05) is 25.2 Å². The molecule has 136 valence electrons. The summed E-state index contributed by atoms with van der Waals surface area (Å²) in [6.07, 6.45) is 3.51. The van der Waals surface area contributed by atoms with Crippen LogP contribution in [0.25, 0.3) is 0 Å². The number of hydrogen-bond acceptors (Lipinski definition) is 6. The van der Waals surface area contributed by atoms with Crippen molar-refractivity contribution in [3.05, 3.63) is 0 Å². The summed E-state index contributed by atoms with van der Waals surface area (Å²) in [5, 5.41) is 29.2. The molecule has 1 aliphatic rings. The largest absolute Gasteiger partial charge is 0.385 e. The molecule has 0 heterocycles. The fourth-order valence-electron chi connectivity index (χ4n) is 2.25. The van der Waals surface area contributed by atoms with Gasteiger partial charge in [-0.3, -0.25) is 15.3 Å². The van der Waals surface area contributed by atoms with E-state index in [1.54, 1.807) is 13.2 Å². The highest BCUT2D eigenvalue weighted by molar-refractivity contribution is 5.83. The second-order valence-corrected chi connectivity index (χ2v) is 5.72. The standard InChI is InChI=1S/C14H25N11/c1-8(24-13(18)19-3)4-21-14(23-7-16)25-12-9(2)11(12)20-5-10(17)22-6-15/h8-9,11-12,20H,4-5H2,1-3H3,(H2,17,22)(H3,18,19,24)(H2,21,23,25)/t8?,9-,11?,12?/m0/s1. The van der Waals surface area contributed by atoms with Gasteiger partial charge in [-0.2, -0.15) is 15.5 Å². The molecule has 3 unspecified atom stereocenters. The zero-order chi connectivity index (χ0) is 18.8. The number of nitrogens with zero attached hydrogens (tertiary/aromatic N) is 5. The lowest BCUT2D eigenvalue weighted by atomic mass is 10.3. The summed E-state index contributed by atoms with van der Waals surface area (Å²) in [5.41, 5.74) is 11.2. The first-order valence-corrected chi connectivity index (χ1v) is 7.82. The quantitative estimate of drug-likeness (QED) is 0.129. The van der Waals surface area contributed by atoms with Gasteiger partial charge in [-0.05, 0) is 12.8 Å². The van der Waals surface area contributed by atoms with E-state index in [1.807, 2.05) is 13.1 Å². The molecule has 11 heteroatoms. The molecule has 0 aromatic rings. The number of nitrogens with one attached hydrogen (secondary N) is 4. The number of rotatable bonds is 7. The summed E-state index contributed by atoms with van der Waals surface area (Å²) in [7, 11) is 1.60. The third kappa shape index (κ3) is 6.93. The third-order valence-corrected chi connectivity index (χ3v) is 3.73. The molecule has 0 saturated heterocycles. The smallest absolute Gasteiger partial charge is 0.207 e. The van der Waals surface area contributed by atoms with Crippen LogP contribution in [0.5, 0.6) is 0 Å². The summed E-state index contributed by atoms with van der Waals surface area (Å²) in [6, 6.07) is 0.213. The molecule has 25 heavy (non-hydrogen) atoms. The monoisotopic (exact) mass is 347 g/mol. The maximum atomic E-state index is 8.87. The topological polar surface area (TPSA) is 185 Å². The first kappa shape index (κ1) is 20.0. The number of amidine groups is 1. The van der Waals surface area contributed by atoms with E-state index in [9.17, 15) is 0 Å². The predicted octanol–water partition coefficient (Wildman–Crippen LogP) is -2.26. The van der Waals surface area contributed by atoms with Crippen molar-refractivity contribution in [2.75, 3.05) is 20.1 Å². The van der Waals surface area contributed by atoms with E-state index in [1.165, 1.54) is 0 Å². The van der Waals surface area contributed by atoms with Crippen molar-refractivity contribution in [1.82, 2.24) is 21.3 Å². The highest BCUT2D eigenvalue weighted by atomic mass is 15.2. The second-order valence-electron chi connectivity index (χ2n) is 5.72. The van der Waals surface area contributed by atoms with Gasteiger partial charge < -0.3 is 27.4 Å². The van der Waals surface area contributed by atoms with Crippen LogP contribution in [0.3, 0.4) is 0 Å². The van der Waals surface area contributed by atoms with Gasteiger partial charge in [-0.1, -0.05) is 6.92 Å². The first-order valence-electron chi connectivity index (χ1n) is 7.82. The van der Waals surface area contributed by atoms with Gasteiger partial charge in [0.25, 0.3) is 0 Å². The molecular weight excluding hydrogens is 322 g/mol. The second kappa shape index (κ2) is 9.95. The number of guanidine groups is 2. The van der Waals surface area contributed by atoms with Gasteiger partial charge in [-0.25, -0.2) is 0 Å². The van der Waals surface area contributed by atoms with E-state index in [0.717, 1.165) is 0 Å². The molecule has 1 fully saturated rings. The van der Waals surface area contributed by atoms with Crippen LogP contribution in [0.2, 0.25) is 0 Å². The van der Waals surface area contributed by atoms with E-state index in [4.69, 9.17) is 22.0 Å². The van der Waals surface area contributed by atoms with Crippen LogP contribution in [0, 0.1) is 28.8 Å². The molecule has 0 aliphatic heterocycles. The molecule has 8 N–H and O–H groups in total. The normalized spacial score (nSPS) is 24.7. The number of hydrogen-bond donors (Lipinski definition) is 6. The minimum Gasteiger partial charge on any atom is -0.385 e. The average Bonchev–Trinajstić information content (AvgIpc) is 3.19. The summed E-state index contributed by atoms with van der Waals surface area (Å²) in [6.45, 7) is 4.70. The Bertz CT molecular complexity index is 609. The number of aliphatic imine (C=N–C) groups is 3. The number of nitrogens with two attached hydrogens (primary N) is 2. The minimum atomic E-state index is -0.0338. The van der Waals surface area contributed by atoms with Crippen LogP contribution in [0.15, 0.2) is 15.0 Å². The molecule has 0 radical (unpaired) electrons. The Morgan fingerprint density at radius 3 is 2.60 bits per heavy atom. The SMILES string of the molecule is CN=C(N)NC(C)CN=C(NC#N)NC1C(NCC(N)=NC#N)[C@@H]1C. The van der Waals surface area contributed by atoms with Gasteiger partial charge >= 0.3 is 0 Å². The lowest BCUT2D eigenvalue weighted by molar-refractivity contribution is 0.662. The average molecular weight is 347 g/mol. The highest BCUT2D eigenvalue weighted by Gasteiger charge is 2.47. The zero-order valence-corrected chi connectivity index (χ0v) is 14.6. The van der Waals surface area contributed by atoms with E-state index >= 15 is 0 Å². The first-order chi connectivity index (χ1) is 11.9. The van der Waals surface area contributed by atoms with Crippen molar-refractivity contribution in [2.45, 2.75) is 32.0 Å². The molecule has 1 aliphatic carbocycles. The van der Waals surface area contributed by atoms with Crippen LogP contribution in [0.4, 0.5) is 0 Å². The van der Waals surface area contributed by atoms with Crippen LogP contribution < -0.4 is 32.7 Å². The fraction of sp³-hybridized carbons (Fsp3) is 0.643. The van der Waals surface area contributed by atoms with Crippen LogP contribution in [0.1, 0.15) is 13.8 Å². The van der Waals surface area contributed by atoms with Gasteiger partial charge in [0.1, 0.15) is 5.84 Å². The predicted molar refractivity (Wildman–Crippen MR) is 96.3 cm³/mol. The van der Waals surface area contributed by atoms with E-state index in [2.05, 4.69) is 43.2 Å². The summed E-state index contributed by atoms with van der Waals surface area (Å²) < 4.78 is 0. The highest BCUT2D eigenvalue weighted by Crippen LogP contribution is 2.30. The Morgan fingerprint density at radius 1 is 1.28 bits per heavy atom. The Morgan fingerprint density at radius 2 is 2.00 bits per heavy atom. The summed E-state index contributed by atoms with van der Waals surface area (Å²) in [4.78, 5) is 11.6. The van der Waals surface area contributed by atoms with Gasteiger partial charge in [0.15, 0.2) is 12.2 Å². The van der Waals surface area contributed by atoms with Gasteiger partial charge in [-0.15, -0.1) is 0 Å². The Kier molecular flexibility index (Phi) is 7.96. The lowest BCUT2D eigenvalue weighted by Gasteiger charge is -2.13. The van der Waals surface area contributed by atoms with E-state index < -0.39 is 0 Å². The Hall–Kier alpha value is -3.05. The van der Waals surface area contributed by atoms with E-state index in [-0.39, 0.29) is 24.0 Å². The molecule has 0 aromatic heterocycles. The molecule has 4 atom stereocenters. The summed E-state index contributed by atoms with van der Waals surface area (Å²) >= 11 is 0. The van der Waals surface area contributed by atoms with Gasteiger partial charge in [0.2, 0.25) is 12.2 Å². The summed E-state index contributed by atoms with van der Waals surface area (Å²) in [5.74, 6) is 1.28. The van der Waals surface area contributed by atoms with Crippen molar-refractivity contribution in [3.63, 3.8) is 0 Å². The van der Waals surface area contributed by atoms with Crippen molar-refractivity contribution in [2.24, 2.45) is 32.4 Å². The van der Waals surface area contributed by atoms with Crippen molar-refractivity contribution < 1.29 is 0 Å². The van der Waals surface area contributed by atoms with Crippen LogP contribution in [-0.2, 0) is 0 Å². The fourth-order valence-corrected chi connectivity index (χ4v) is 2.25. The molecule has 1 saturated carbocycles. The number of nitriles is 2. The van der Waals surface area contributed by atoms with Crippen LogP contribution >= 0.6 is 0 Å². The molecule has 0 amide bonds. The van der Waals surface area contributed by atoms with Crippen molar-refractivity contribution in [3.8, 4) is 12.4 Å². The molecular formula is C14H25N11. The Balaban J connectivity index is 2.52. The maximum absolute atomic E-state index is 8.87. The van der Waals surface area contributed by atoms with Crippen molar-refractivity contribution in [1.29, 1.82) is 10.5 Å². The molecule has 11 nitrogen and oxygen atoms in total. The molecule has 0 spiro atoms. The molecule has 0 bridgehead atoms. The van der Waals surface area contributed by atoms with E-state index in [0.29, 0.717) is 30.9 Å². The zero-order valence-electron chi connectivity index (χ0n) is 14.6. The van der Waals surface area contributed by atoms with Crippen LogP contribution in [-0.4, -0.2) is 56.0 Å². The third-order valence-electron chi connectivity index (χ3n) is 3.73.